The maximum Gasteiger partial charge on any atom is 0.363 e. The standard InChI is InChI=1S/C41H68N2O7/c1-16-17-18-31(44)50-41(33(46)48-27-22-37(8,9)42-38(10,11)23-27,34(47)49-28-24-39(12,13)43-40(14,15)25-28)21-26-19-29(35(2,3)4)32(45)30(20-26)36(5,6)7/h19-20,27-28,42-43,45H,16-18,21-25H2,1-15H3. The van der Waals surface area contributed by atoms with Crippen LogP contribution in [0.2, 0.25) is 0 Å². The summed E-state index contributed by atoms with van der Waals surface area (Å²) in [6.07, 6.45) is 1.96. The second-order valence-electron chi connectivity index (χ2n) is 19.8. The van der Waals surface area contributed by atoms with Crippen LogP contribution in [0, 0.1) is 0 Å². The Balaban J connectivity index is 2.25. The van der Waals surface area contributed by atoms with Gasteiger partial charge in [0.25, 0.3) is 0 Å². The minimum atomic E-state index is -2.41. The van der Waals surface area contributed by atoms with E-state index in [-0.39, 0.29) is 40.7 Å². The number of benzene rings is 1. The Kier molecular flexibility index (Phi) is 12.0. The summed E-state index contributed by atoms with van der Waals surface area (Å²) in [4.78, 5) is 43.3. The summed E-state index contributed by atoms with van der Waals surface area (Å²) in [5.41, 5.74) is -2.86. The Morgan fingerprint density at radius 2 is 1.08 bits per heavy atom. The van der Waals surface area contributed by atoms with Crippen molar-refractivity contribution in [2.45, 2.75) is 206 Å². The van der Waals surface area contributed by atoms with Crippen molar-refractivity contribution in [2.75, 3.05) is 0 Å². The highest BCUT2D eigenvalue weighted by Gasteiger charge is 2.56. The van der Waals surface area contributed by atoms with Crippen LogP contribution in [0.3, 0.4) is 0 Å². The Morgan fingerprint density at radius 1 is 0.720 bits per heavy atom. The summed E-state index contributed by atoms with van der Waals surface area (Å²) in [5.74, 6) is -2.35. The highest BCUT2D eigenvalue weighted by Crippen LogP contribution is 2.42. The zero-order valence-corrected chi connectivity index (χ0v) is 33.9. The number of unbranched alkanes of at least 4 members (excludes halogenated alkanes) is 1. The van der Waals surface area contributed by atoms with E-state index in [1.807, 2.05) is 60.6 Å². The predicted molar refractivity (Wildman–Crippen MR) is 198 cm³/mol. The van der Waals surface area contributed by atoms with Gasteiger partial charge in [-0.2, -0.15) is 0 Å². The van der Waals surface area contributed by atoms with Gasteiger partial charge in [0, 0.05) is 60.7 Å². The van der Waals surface area contributed by atoms with Crippen LogP contribution in [0.15, 0.2) is 12.1 Å². The van der Waals surface area contributed by atoms with E-state index in [1.165, 1.54) is 0 Å². The average Bonchev–Trinajstić information content (AvgIpc) is 2.87. The van der Waals surface area contributed by atoms with Crippen LogP contribution in [0.4, 0.5) is 0 Å². The lowest BCUT2D eigenvalue weighted by Crippen LogP contribution is -2.62. The molecule has 0 aromatic heterocycles. The molecule has 0 aliphatic carbocycles. The van der Waals surface area contributed by atoms with Gasteiger partial charge in [0.1, 0.15) is 18.0 Å². The summed E-state index contributed by atoms with van der Waals surface area (Å²) in [7, 11) is 0. The number of aromatic hydroxyl groups is 1. The number of ether oxygens (including phenoxy) is 3. The van der Waals surface area contributed by atoms with Crippen LogP contribution in [-0.4, -0.2) is 63.0 Å². The SMILES string of the molecule is CCCCC(=O)OC(Cc1cc(C(C)(C)C)c(O)c(C(C)(C)C)c1)(C(=O)OC1CC(C)(C)NC(C)(C)C1)C(=O)OC1CC(C)(C)NC(C)(C)C1. The molecule has 0 spiro atoms. The minimum Gasteiger partial charge on any atom is -0.507 e. The fourth-order valence-corrected chi connectivity index (χ4v) is 8.26. The highest BCUT2D eigenvalue weighted by molar-refractivity contribution is 6.06. The van der Waals surface area contributed by atoms with Crippen molar-refractivity contribution in [2.24, 2.45) is 0 Å². The average molecular weight is 701 g/mol. The first-order valence-corrected chi connectivity index (χ1v) is 18.6. The van der Waals surface area contributed by atoms with Crippen molar-refractivity contribution in [1.29, 1.82) is 0 Å². The number of hydrogen-bond donors (Lipinski definition) is 3. The third-order valence-electron chi connectivity index (χ3n) is 9.77. The largest absolute Gasteiger partial charge is 0.507 e. The fourth-order valence-electron chi connectivity index (χ4n) is 8.26. The summed E-state index contributed by atoms with van der Waals surface area (Å²) in [6, 6.07) is 3.63. The number of phenols is 1. The second kappa shape index (κ2) is 14.4. The van der Waals surface area contributed by atoms with Crippen LogP contribution in [-0.2, 0) is 45.8 Å². The van der Waals surface area contributed by atoms with Crippen molar-refractivity contribution in [3.63, 3.8) is 0 Å². The highest BCUT2D eigenvalue weighted by atomic mass is 16.6. The summed E-state index contributed by atoms with van der Waals surface area (Å²) < 4.78 is 18.8. The second-order valence-corrected chi connectivity index (χ2v) is 19.8. The molecular formula is C41H68N2O7. The predicted octanol–water partition coefficient (Wildman–Crippen LogP) is 7.71. The molecule has 0 atom stereocenters. The summed E-state index contributed by atoms with van der Waals surface area (Å²) >= 11 is 0. The number of nitrogens with one attached hydrogen (secondary N) is 2. The fraction of sp³-hybridized carbons (Fsp3) is 0.780. The molecule has 2 saturated heterocycles. The molecule has 0 saturated carbocycles. The molecule has 2 fully saturated rings. The van der Waals surface area contributed by atoms with E-state index in [2.05, 4.69) is 66.0 Å². The Morgan fingerprint density at radius 3 is 1.40 bits per heavy atom. The Labute approximate surface area is 302 Å². The maximum atomic E-state index is 14.9. The van der Waals surface area contributed by atoms with Gasteiger partial charge in [-0.1, -0.05) is 67.0 Å². The van der Waals surface area contributed by atoms with E-state index >= 15 is 0 Å². The molecule has 2 aliphatic heterocycles. The molecule has 9 heteroatoms. The van der Waals surface area contributed by atoms with Crippen molar-refractivity contribution >= 4 is 17.9 Å². The first-order valence-electron chi connectivity index (χ1n) is 18.6. The van der Waals surface area contributed by atoms with E-state index < -0.39 is 46.5 Å². The molecule has 3 N–H and O–H groups in total. The van der Waals surface area contributed by atoms with Gasteiger partial charge < -0.3 is 30.0 Å². The van der Waals surface area contributed by atoms with Gasteiger partial charge in [-0.3, -0.25) is 4.79 Å². The van der Waals surface area contributed by atoms with Crippen molar-refractivity contribution < 1.29 is 33.7 Å². The number of carbonyl (C=O) groups is 3. The van der Waals surface area contributed by atoms with Gasteiger partial charge in [-0.15, -0.1) is 0 Å². The van der Waals surface area contributed by atoms with Gasteiger partial charge in [0.2, 0.25) is 0 Å². The molecule has 0 unspecified atom stereocenters. The third kappa shape index (κ3) is 10.7. The number of piperidine rings is 2. The molecule has 0 bridgehead atoms. The first kappa shape index (κ1) is 41.8. The van der Waals surface area contributed by atoms with Gasteiger partial charge in [-0.05, 0) is 89.3 Å². The lowest BCUT2D eigenvalue weighted by molar-refractivity contribution is -0.204. The monoisotopic (exact) mass is 701 g/mol. The quantitative estimate of drug-likeness (QED) is 0.128. The molecule has 2 aliphatic rings. The zero-order chi connectivity index (χ0) is 38.3. The molecule has 9 nitrogen and oxygen atoms in total. The van der Waals surface area contributed by atoms with Gasteiger partial charge in [-0.25, -0.2) is 9.59 Å². The zero-order valence-electron chi connectivity index (χ0n) is 33.9. The van der Waals surface area contributed by atoms with Crippen LogP contribution in [0.25, 0.3) is 0 Å². The van der Waals surface area contributed by atoms with Crippen LogP contribution in [0.1, 0.15) is 165 Å². The van der Waals surface area contributed by atoms with Crippen molar-refractivity contribution in [3.8, 4) is 5.75 Å². The van der Waals surface area contributed by atoms with Gasteiger partial charge >= 0.3 is 23.5 Å². The number of esters is 3. The molecular weight excluding hydrogens is 632 g/mol. The first-order chi connectivity index (χ1) is 22.5. The molecule has 1 aromatic carbocycles. The topological polar surface area (TPSA) is 123 Å². The summed E-state index contributed by atoms with van der Waals surface area (Å²) in [5, 5.41) is 18.7. The van der Waals surface area contributed by atoms with E-state index in [1.54, 1.807) is 0 Å². The molecule has 50 heavy (non-hydrogen) atoms. The molecule has 2 heterocycles. The number of carbonyl (C=O) groups excluding carboxylic acids is 3. The van der Waals surface area contributed by atoms with E-state index in [0.717, 1.165) is 6.42 Å². The Bertz CT molecular complexity index is 1290. The number of hydrogen-bond acceptors (Lipinski definition) is 9. The number of phenolic OH excluding ortho intramolecular Hbond substituents is 1. The molecule has 3 rings (SSSR count). The molecule has 0 radical (unpaired) electrons. The maximum absolute atomic E-state index is 14.9. The van der Waals surface area contributed by atoms with Crippen LogP contribution in [0.5, 0.6) is 5.75 Å². The van der Waals surface area contributed by atoms with E-state index in [0.29, 0.717) is 48.8 Å². The normalized spacial score (nSPS) is 20.9. The molecule has 284 valence electrons. The third-order valence-corrected chi connectivity index (χ3v) is 9.77. The summed E-state index contributed by atoms with van der Waals surface area (Å²) in [6.45, 7) is 30.4. The molecule has 1 aromatic rings. The number of rotatable bonds is 10. The Hall–Kier alpha value is -2.65. The van der Waals surface area contributed by atoms with Crippen molar-refractivity contribution in [3.05, 3.63) is 28.8 Å². The minimum absolute atomic E-state index is 0.0374. The van der Waals surface area contributed by atoms with Gasteiger partial charge in [0.05, 0.1) is 0 Å². The van der Waals surface area contributed by atoms with Crippen molar-refractivity contribution in [1.82, 2.24) is 10.6 Å². The smallest absolute Gasteiger partial charge is 0.363 e. The molecule has 0 amide bonds. The lowest BCUT2D eigenvalue weighted by atomic mass is 9.77. The van der Waals surface area contributed by atoms with Crippen LogP contribution < -0.4 is 10.6 Å². The van der Waals surface area contributed by atoms with Gasteiger partial charge in [0.15, 0.2) is 0 Å². The van der Waals surface area contributed by atoms with Crippen LogP contribution >= 0.6 is 0 Å². The van der Waals surface area contributed by atoms with E-state index in [4.69, 9.17) is 14.2 Å². The van der Waals surface area contributed by atoms with E-state index in [9.17, 15) is 19.5 Å². The lowest BCUT2D eigenvalue weighted by Gasteiger charge is -2.47.